The Morgan fingerprint density at radius 2 is 1.87 bits per heavy atom. The quantitative estimate of drug-likeness (QED) is 0.502. The van der Waals surface area contributed by atoms with Crippen LogP contribution >= 0.6 is 0 Å². The number of pyridine rings is 1. The third-order valence-electron chi connectivity index (χ3n) is 7.73. The van der Waals surface area contributed by atoms with Crippen LogP contribution in [0.4, 0.5) is 4.39 Å². The topological polar surface area (TPSA) is 88.6 Å². The van der Waals surface area contributed by atoms with Gasteiger partial charge in [0.05, 0.1) is 28.5 Å². The van der Waals surface area contributed by atoms with E-state index in [1.165, 1.54) is 6.07 Å². The number of sulfone groups is 1. The van der Waals surface area contributed by atoms with Gasteiger partial charge < -0.3 is 9.64 Å². The maximum Gasteiger partial charge on any atom is 0.242 e. The third-order valence-corrected chi connectivity index (χ3v) is 9.89. The zero-order valence-corrected chi connectivity index (χ0v) is 22.8. The fourth-order valence-electron chi connectivity index (χ4n) is 5.80. The van der Waals surface area contributed by atoms with Crippen molar-refractivity contribution in [3.8, 4) is 16.9 Å². The molecular weight excluding hydrogens is 505 g/mol. The molecule has 2 aliphatic rings. The third kappa shape index (κ3) is 4.37. The van der Waals surface area contributed by atoms with Crippen LogP contribution in [0.3, 0.4) is 0 Å². The first-order valence-electron chi connectivity index (χ1n) is 12.8. The highest BCUT2D eigenvalue weighted by atomic mass is 32.2. The summed E-state index contributed by atoms with van der Waals surface area (Å²) >= 11 is 0. The molecule has 200 valence electrons. The molecule has 0 saturated carbocycles. The summed E-state index contributed by atoms with van der Waals surface area (Å²) < 4.78 is 48.7. The van der Waals surface area contributed by atoms with Gasteiger partial charge in [0.1, 0.15) is 17.1 Å². The molecule has 1 N–H and O–H groups in total. The number of hydrogen-bond acceptors (Lipinski definition) is 6. The molecule has 9 heteroatoms. The van der Waals surface area contributed by atoms with Gasteiger partial charge in [0.15, 0.2) is 9.84 Å². The van der Waals surface area contributed by atoms with Gasteiger partial charge in [0, 0.05) is 24.8 Å². The predicted octanol–water partition coefficient (Wildman–Crippen LogP) is 4.38. The molecule has 1 spiro atoms. The van der Waals surface area contributed by atoms with E-state index in [0.29, 0.717) is 53.4 Å². The van der Waals surface area contributed by atoms with Crippen molar-refractivity contribution in [2.45, 2.75) is 55.3 Å². The molecule has 38 heavy (non-hydrogen) atoms. The monoisotopic (exact) mass is 537 g/mol. The number of carbonyl (C=O) groups is 1. The van der Waals surface area contributed by atoms with Gasteiger partial charge in [0.25, 0.3) is 0 Å². The number of nitrogens with zero attached hydrogens (tertiary/aromatic N) is 2. The van der Waals surface area contributed by atoms with E-state index in [1.807, 2.05) is 13.8 Å². The summed E-state index contributed by atoms with van der Waals surface area (Å²) in [5, 5.41) is 2.50. The number of ether oxygens (including phenoxy) is 1. The number of aromatic nitrogens is 1. The lowest BCUT2D eigenvalue weighted by Crippen LogP contribution is -2.47. The number of benzene rings is 2. The molecular formula is C29H32FN3O4S. The van der Waals surface area contributed by atoms with Crippen LogP contribution in [0.15, 0.2) is 59.5 Å². The largest absolute Gasteiger partial charge is 0.494 e. The number of aryl methyl sites for hydroxylation is 1. The van der Waals surface area contributed by atoms with Crippen molar-refractivity contribution < 1.29 is 22.3 Å². The fraction of sp³-hybridized carbons (Fsp3) is 0.379. The molecule has 2 aliphatic heterocycles. The standard InChI is InChI=1S/C29H32FN3O4S/c1-5-37-20-11-12-24(30)23(16-20)22-15-18(2)31-26(19(22)3)27-25(38(35,36)21-9-7-6-8-10-21)17-29(32-27)13-14-33(4)28(29)34/h6-12,15-16,25,27,32H,5,13-14,17H2,1-4H3. The molecule has 7 nitrogen and oxygen atoms in total. The number of rotatable bonds is 6. The van der Waals surface area contributed by atoms with E-state index in [0.717, 1.165) is 0 Å². The molecule has 0 bridgehead atoms. The second-order valence-electron chi connectivity index (χ2n) is 10.2. The number of halogens is 1. The second-order valence-corrected chi connectivity index (χ2v) is 12.3. The summed E-state index contributed by atoms with van der Waals surface area (Å²) in [6.45, 7) is 6.47. The first-order valence-corrected chi connectivity index (χ1v) is 14.3. The fourth-order valence-corrected chi connectivity index (χ4v) is 7.74. The number of likely N-dealkylation sites (tertiary alicyclic amines) is 1. The van der Waals surface area contributed by atoms with Crippen molar-refractivity contribution in [3.63, 3.8) is 0 Å². The minimum atomic E-state index is -3.84. The molecule has 3 atom stereocenters. The number of amides is 1. The van der Waals surface area contributed by atoms with Crippen molar-refractivity contribution in [1.29, 1.82) is 0 Å². The van der Waals surface area contributed by atoms with Crippen molar-refractivity contribution in [3.05, 3.63) is 77.4 Å². The minimum absolute atomic E-state index is 0.116. The Hall–Kier alpha value is -3.30. The van der Waals surface area contributed by atoms with Gasteiger partial charge in [-0.15, -0.1) is 0 Å². The van der Waals surface area contributed by atoms with E-state index in [1.54, 1.807) is 67.4 Å². The summed E-state index contributed by atoms with van der Waals surface area (Å²) in [6, 6.07) is 14.0. The Kier molecular flexibility index (Phi) is 6.77. The van der Waals surface area contributed by atoms with Crippen LogP contribution in [0, 0.1) is 19.7 Å². The average molecular weight is 538 g/mol. The van der Waals surface area contributed by atoms with Gasteiger partial charge in [-0.05, 0) is 81.1 Å². The number of nitrogens with one attached hydrogen (secondary N) is 1. The highest BCUT2D eigenvalue weighted by Gasteiger charge is 2.58. The average Bonchev–Trinajstić information content (AvgIpc) is 3.43. The highest BCUT2D eigenvalue weighted by Crippen LogP contribution is 2.45. The SMILES string of the molecule is CCOc1ccc(F)c(-c2cc(C)nc(C3NC4(CCN(C)C4=O)CC3S(=O)(=O)c3ccccc3)c2C)c1. The molecule has 2 aromatic carbocycles. The summed E-state index contributed by atoms with van der Waals surface area (Å²) in [5.74, 6) is 0.0145. The van der Waals surface area contributed by atoms with Crippen LogP contribution in [0.25, 0.3) is 11.1 Å². The van der Waals surface area contributed by atoms with Crippen LogP contribution in [-0.4, -0.2) is 55.2 Å². The summed E-state index contributed by atoms with van der Waals surface area (Å²) in [6.07, 6.45) is 0.638. The highest BCUT2D eigenvalue weighted by molar-refractivity contribution is 7.92. The minimum Gasteiger partial charge on any atom is -0.494 e. The Morgan fingerprint density at radius 3 is 2.53 bits per heavy atom. The number of carbonyl (C=O) groups excluding carboxylic acids is 1. The van der Waals surface area contributed by atoms with E-state index in [-0.39, 0.29) is 17.2 Å². The van der Waals surface area contributed by atoms with Crippen LogP contribution in [0.2, 0.25) is 0 Å². The van der Waals surface area contributed by atoms with Gasteiger partial charge in [-0.2, -0.15) is 0 Å². The van der Waals surface area contributed by atoms with E-state index < -0.39 is 32.5 Å². The van der Waals surface area contributed by atoms with Crippen LogP contribution in [0.1, 0.15) is 42.8 Å². The first kappa shape index (κ1) is 26.3. The molecule has 3 heterocycles. The smallest absolute Gasteiger partial charge is 0.242 e. The lowest BCUT2D eigenvalue weighted by atomic mass is 9.94. The Morgan fingerprint density at radius 1 is 1.13 bits per heavy atom. The molecule has 3 unspecified atom stereocenters. The van der Waals surface area contributed by atoms with Crippen molar-refractivity contribution in [2.75, 3.05) is 20.2 Å². The molecule has 0 radical (unpaired) electrons. The normalized spacial score (nSPS) is 23.4. The van der Waals surface area contributed by atoms with Gasteiger partial charge in [-0.1, -0.05) is 18.2 Å². The van der Waals surface area contributed by atoms with Gasteiger partial charge in [0.2, 0.25) is 5.91 Å². The maximum absolute atomic E-state index is 15.1. The first-order chi connectivity index (χ1) is 18.1. The summed E-state index contributed by atoms with van der Waals surface area (Å²) in [4.78, 5) is 19.9. The van der Waals surface area contributed by atoms with E-state index in [9.17, 15) is 13.2 Å². The van der Waals surface area contributed by atoms with Gasteiger partial charge in [-0.3, -0.25) is 15.1 Å². The van der Waals surface area contributed by atoms with Crippen LogP contribution in [0.5, 0.6) is 5.75 Å². The van der Waals surface area contributed by atoms with Crippen molar-refractivity contribution >= 4 is 15.7 Å². The number of likely N-dealkylation sites (N-methyl/N-ethyl adjacent to an activating group) is 1. The summed E-state index contributed by atoms with van der Waals surface area (Å²) in [5.41, 5.74) is 1.75. The lowest BCUT2D eigenvalue weighted by Gasteiger charge is -2.25. The zero-order valence-electron chi connectivity index (χ0n) is 22.0. The molecule has 0 aliphatic carbocycles. The van der Waals surface area contributed by atoms with Gasteiger partial charge in [-0.25, -0.2) is 12.8 Å². The van der Waals surface area contributed by atoms with Gasteiger partial charge >= 0.3 is 0 Å². The lowest BCUT2D eigenvalue weighted by molar-refractivity contribution is -0.131. The molecule has 5 rings (SSSR count). The maximum atomic E-state index is 15.1. The second kappa shape index (κ2) is 9.78. The zero-order chi connectivity index (χ0) is 27.2. The molecule has 3 aromatic rings. The molecule has 2 fully saturated rings. The molecule has 2 saturated heterocycles. The van der Waals surface area contributed by atoms with Crippen LogP contribution in [-0.2, 0) is 14.6 Å². The Balaban J connectivity index is 1.67. The molecule has 1 amide bonds. The van der Waals surface area contributed by atoms with E-state index >= 15 is 4.39 Å². The van der Waals surface area contributed by atoms with Crippen LogP contribution < -0.4 is 10.1 Å². The summed E-state index contributed by atoms with van der Waals surface area (Å²) in [7, 11) is -2.11. The number of hydrogen-bond donors (Lipinski definition) is 1. The van der Waals surface area contributed by atoms with E-state index in [2.05, 4.69) is 5.32 Å². The van der Waals surface area contributed by atoms with Crippen molar-refractivity contribution in [2.24, 2.45) is 0 Å². The Bertz CT molecular complexity index is 1500. The predicted molar refractivity (Wildman–Crippen MR) is 143 cm³/mol. The Labute approximate surface area is 223 Å². The molecule has 1 aromatic heterocycles. The van der Waals surface area contributed by atoms with Crippen molar-refractivity contribution in [1.82, 2.24) is 15.2 Å². The van der Waals surface area contributed by atoms with E-state index in [4.69, 9.17) is 9.72 Å².